The minimum atomic E-state index is -0.136. The molecule has 0 aliphatic heterocycles. The molecule has 6 nitrogen and oxygen atoms in total. The first-order valence-electron chi connectivity index (χ1n) is 8.34. The summed E-state index contributed by atoms with van der Waals surface area (Å²) in [6.45, 7) is 2.02. The maximum absolute atomic E-state index is 12.2. The molecule has 2 rings (SSSR count). The molecule has 24 heavy (non-hydrogen) atoms. The van der Waals surface area contributed by atoms with Crippen LogP contribution in [0.15, 0.2) is 18.2 Å². The predicted octanol–water partition coefficient (Wildman–Crippen LogP) is 2.82. The van der Waals surface area contributed by atoms with Crippen molar-refractivity contribution in [3.8, 4) is 11.5 Å². The van der Waals surface area contributed by atoms with Gasteiger partial charge in [-0.1, -0.05) is 12.8 Å². The molecule has 1 N–H and O–H groups in total. The topological polar surface area (TPSA) is 67.9 Å². The van der Waals surface area contributed by atoms with E-state index in [1.807, 2.05) is 4.90 Å². The van der Waals surface area contributed by atoms with E-state index in [0.29, 0.717) is 23.7 Å². The van der Waals surface area contributed by atoms with Crippen molar-refractivity contribution in [2.24, 2.45) is 0 Å². The third-order valence-electron chi connectivity index (χ3n) is 4.43. The molecular formula is C18H26N2O4. The standard InChI is InChI=1S/C18H26N2O4/c1-13(21)20(14-6-4-5-7-14)11-10-18(22)19-16-9-8-15(23-2)12-17(16)24-3/h8-9,12,14H,4-7,10-11H2,1-3H3,(H,19,22). The highest BCUT2D eigenvalue weighted by atomic mass is 16.5. The average Bonchev–Trinajstić information content (AvgIpc) is 3.09. The molecule has 2 amide bonds. The van der Waals surface area contributed by atoms with Crippen LogP contribution in [0, 0.1) is 0 Å². The number of ether oxygens (including phenoxy) is 2. The summed E-state index contributed by atoms with van der Waals surface area (Å²) in [6.07, 6.45) is 4.65. The van der Waals surface area contributed by atoms with Crippen molar-refractivity contribution in [2.75, 3.05) is 26.1 Å². The first kappa shape index (κ1) is 18.1. The van der Waals surface area contributed by atoms with E-state index >= 15 is 0 Å². The smallest absolute Gasteiger partial charge is 0.226 e. The first-order valence-corrected chi connectivity index (χ1v) is 8.34. The fourth-order valence-corrected chi connectivity index (χ4v) is 3.15. The van der Waals surface area contributed by atoms with E-state index in [0.717, 1.165) is 25.7 Å². The van der Waals surface area contributed by atoms with Crippen molar-refractivity contribution < 1.29 is 19.1 Å². The Morgan fingerprint density at radius 2 is 1.92 bits per heavy atom. The third kappa shape index (κ3) is 4.63. The van der Waals surface area contributed by atoms with Gasteiger partial charge in [0.05, 0.1) is 19.9 Å². The van der Waals surface area contributed by atoms with Crippen LogP contribution in [0.5, 0.6) is 11.5 Å². The maximum Gasteiger partial charge on any atom is 0.226 e. The number of nitrogens with zero attached hydrogens (tertiary/aromatic N) is 1. The second-order valence-electron chi connectivity index (χ2n) is 6.02. The van der Waals surface area contributed by atoms with E-state index in [1.165, 1.54) is 0 Å². The highest BCUT2D eigenvalue weighted by Gasteiger charge is 2.24. The minimum absolute atomic E-state index is 0.0386. The molecular weight excluding hydrogens is 308 g/mol. The summed E-state index contributed by atoms with van der Waals surface area (Å²) in [4.78, 5) is 25.9. The average molecular weight is 334 g/mol. The van der Waals surface area contributed by atoms with Gasteiger partial charge in [0.25, 0.3) is 0 Å². The molecule has 1 aromatic carbocycles. The van der Waals surface area contributed by atoms with Crippen LogP contribution in [0.4, 0.5) is 5.69 Å². The van der Waals surface area contributed by atoms with Gasteiger partial charge >= 0.3 is 0 Å². The lowest BCUT2D eigenvalue weighted by Crippen LogP contribution is -2.39. The van der Waals surface area contributed by atoms with Gasteiger partial charge < -0.3 is 19.7 Å². The van der Waals surface area contributed by atoms with E-state index in [-0.39, 0.29) is 24.3 Å². The summed E-state index contributed by atoms with van der Waals surface area (Å²) in [5.41, 5.74) is 0.596. The molecule has 0 saturated heterocycles. The van der Waals surface area contributed by atoms with Gasteiger partial charge in [0.2, 0.25) is 11.8 Å². The second kappa shape index (κ2) is 8.57. The first-order chi connectivity index (χ1) is 11.5. The van der Waals surface area contributed by atoms with Gasteiger partial charge in [0.1, 0.15) is 11.5 Å². The molecule has 0 aromatic heterocycles. The van der Waals surface area contributed by atoms with Crippen LogP contribution < -0.4 is 14.8 Å². The number of nitrogens with one attached hydrogen (secondary N) is 1. The van der Waals surface area contributed by atoms with Gasteiger partial charge in [-0.3, -0.25) is 9.59 Å². The van der Waals surface area contributed by atoms with Gasteiger partial charge in [0, 0.05) is 32.0 Å². The zero-order chi connectivity index (χ0) is 17.5. The lowest BCUT2D eigenvalue weighted by atomic mass is 10.2. The molecule has 0 unspecified atom stereocenters. The fraction of sp³-hybridized carbons (Fsp3) is 0.556. The Kier molecular flexibility index (Phi) is 6.46. The molecule has 0 radical (unpaired) electrons. The van der Waals surface area contributed by atoms with Gasteiger partial charge in [-0.2, -0.15) is 0 Å². The lowest BCUT2D eigenvalue weighted by Gasteiger charge is -2.27. The Bertz CT molecular complexity index is 582. The molecule has 0 atom stereocenters. The van der Waals surface area contributed by atoms with E-state index in [1.54, 1.807) is 39.3 Å². The van der Waals surface area contributed by atoms with Crippen LogP contribution >= 0.6 is 0 Å². The zero-order valence-corrected chi connectivity index (χ0v) is 14.6. The third-order valence-corrected chi connectivity index (χ3v) is 4.43. The van der Waals surface area contributed by atoms with Crippen LogP contribution in [0.1, 0.15) is 39.0 Å². The predicted molar refractivity (Wildman–Crippen MR) is 92.4 cm³/mol. The maximum atomic E-state index is 12.2. The summed E-state index contributed by atoms with van der Waals surface area (Å²) in [5, 5.41) is 2.84. The van der Waals surface area contributed by atoms with Crippen molar-refractivity contribution in [3.63, 3.8) is 0 Å². The van der Waals surface area contributed by atoms with Crippen LogP contribution in [0.3, 0.4) is 0 Å². The minimum Gasteiger partial charge on any atom is -0.497 e. The Morgan fingerprint density at radius 3 is 2.50 bits per heavy atom. The number of carbonyl (C=O) groups excluding carboxylic acids is 2. The number of methoxy groups -OCH3 is 2. The van der Waals surface area contributed by atoms with E-state index in [4.69, 9.17) is 9.47 Å². The van der Waals surface area contributed by atoms with E-state index in [2.05, 4.69) is 5.32 Å². The number of carbonyl (C=O) groups is 2. The quantitative estimate of drug-likeness (QED) is 0.832. The molecule has 0 bridgehead atoms. The summed E-state index contributed by atoms with van der Waals surface area (Å²) in [5.74, 6) is 1.11. The fourth-order valence-electron chi connectivity index (χ4n) is 3.15. The monoisotopic (exact) mass is 334 g/mol. The van der Waals surface area contributed by atoms with Crippen LogP contribution in [-0.4, -0.2) is 43.5 Å². The normalized spacial score (nSPS) is 14.3. The Hall–Kier alpha value is -2.24. The summed E-state index contributed by atoms with van der Waals surface area (Å²) in [6, 6.07) is 5.51. The molecule has 6 heteroatoms. The Labute approximate surface area is 143 Å². The Balaban J connectivity index is 1.93. The number of hydrogen-bond acceptors (Lipinski definition) is 4. The van der Waals surface area contributed by atoms with E-state index < -0.39 is 0 Å². The van der Waals surface area contributed by atoms with Gasteiger partial charge in [-0.25, -0.2) is 0 Å². The van der Waals surface area contributed by atoms with Gasteiger partial charge in [-0.15, -0.1) is 0 Å². The van der Waals surface area contributed by atoms with Crippen molar-refractivity contribution in [2.45, 2.75) is 45.1 Å². The SMILES string of the molecule is COc1ccc(NC(=O)CCN(C(C)=O)C2CCCC2)c(OC)c1. The molecule has 1 fully saturated rings. The molecule has 1 aliphatic carbocycles. The highest BCUT2D eigenvalue weighted by Crippen LogP contribution is 2.29. The second-order valence-corrected chi connectivity index (χ2v) is 6.02. The molecule has 0 heterocycles. The van der Waals surface area contributed by atoms with Crippen LogP contribution in [0.2, 0.25) is 0 Å². The summed E-state index contributed by atoms with van der Waals surface area (Å²) < 4.78 is 10.4. The van der Waals surface area contributed by atoms with Crippen molar-refractivity contribution >= 4 is 17.5 Å². The number of benzene rings is 1. The number of anilines is 1. The van der Waals surface area contributed by atoms with Crippen molar-refractivity contribution in [1.29, 1.82) is 0 Å². The number of hydrogen-bond donors (Lipinski definition) is 1. The molecule has 132 valence electrons. The van der Waals surface area contributed by atoms with Crippen LogP contribution in [-0.2, 0) is 9.59 Å². The van der Waals surface area contributed by atoms with Crippen molar-refractivity contribution in [3.05, 3.63) is 18.2 Å². The molecule has 1 aromatic rings. The van der Waals surface area contributed by atoms with Crippen molar-refractivity contribution in [1.82, 2.24) is 4.90 Å². The zero-order valence-electron chi connectivity index (χ0n) is 14.6. The molecule has 1 aliphatic rings. The van der Waals surface area contributed by atoms with Gasteiger partial charge in [-0.05, 0) is 25.0 Å². The number of rotatable bonds is 7. The van der Waals surface area contributed by atoms with Gasteiger partial charge in [0.15, 0.2) is 0 Å². The summed E-state index contributed by atoms with van der Waals surface area (Å²) >= 11 is 0. The largest absolute Gasteiger partial charge is 0.497 e. The lowest BCUT2D eigenvalue weighted by molar-refractivity contribution is -0.131. The Morgan fingerprint density at radius 1 is 1.21 bits per heavy atom. The molecule has 0 spiro atoms. The van der Waals surface area contributed by atoms with E-state index in [9.17, 15) is 9.59 Å². The molecule has 1 saturated carbocycles. The number of amides is 2. The highest BCUT2D eigenvalue weighted by molar-refractivity contribution is 5.92. The summed E-state index contributed by atoms with van der Waals surface area (Å²) in [7, 11) is 3.12. The van der Waals surface area contributed by atoms with Crippen LogP contribution in [0.25, 0.3) is 0 Å².